The lowest BCUT2D eigenvalue weighted by Gasteiger charge is -2.29. The predicted octanol–water partition coefficient (Wildman–Crippen LogP) is 3.33. The fraction of sp³-hybridized carbons (Fsp3) is 0.579. The Balaban J connectivity index is 1.93. The minimum atomic E-state index is -4.57. The summed E-state index contributed by atoms with van der Waals surface area (Å²) >= 11 is 0. The van der Waals surface area contributed by atoms with Crippen molar-refractivity contribution in [2.75, 3.05) is 13.2 Å². The van der Waals surface area contributed by atoms with Crippen LogP contribution in [0.5, 0.6) is 0 Å². The fourth-order valence-corrected chi connectivity index (χ4v) is 3.51. The lowest BCUT2D eigenvalue weighted by atomic mass is 9.85. The molecule has 1 amide bonds. The van der Waals surface area contributed by atoms with Crippen molar-refractivity contribution in [2.45, 2.75) is 51.4 Å². The quantitative estimate of drug-likeness (QED) is 0.708. The number of amides is 1. The third-order valence-corrected chi connectivity index (χ3v) is 5.20. The zero-order chi connectivity index (χ0) is 19.6. The maximum atomic E-state index is 13.5. The first kappa shape index (κ1) is 19.7. The largest absolute Gasteiger partial charge is 0.466 e. The van der Waals surface area contributed by atoms with Crippen molar-refractivity contribution in [1.82, 2.24) is 10.6 Å². The second-order valence-electron chi connectivity index (χ2n) is 7.04. The Labute approximate surface area is 155 Å². The normalized spacial score (nSPS) is 17.9. The summed E-state index contributed by atoms with van der Waals surface area (Å²) in [6.07, 6.45) is -1.38. The van der Waals surface area contributed by atoms with Crippen LogP contribution in [0.2, 0.25) is 0 Å². The first-order valence-electron chi connectivity index (χ1n) is 9.20. The molecule has 1 heterocycles. The maximum absolute atomic E-state index is 13.5. The SMILES string of the molecule is CCOC(=O)C[C@H](NCC1CCC1)c1cc2c(c(C(F)(F)F)c1)CNC2=O. The number of halogens is 3. The molecule has 3 rings (SSSR count). The van der Waals surface area contributed by atoms with Gasteiger partial charge in [-0.25, -0.2) is 0 Å². The molecule has 0 spiro atoms. The number of hydrogen-bond donors (Lipinski definition) is 2. The summed E-state index contributed by atoms with van der Waals surface area (Å²) in [5.74, 6) is -0.539. The first-order valence-corrected chi connectivity index (χ1v) is 9.20. The van der Waals surface area contributed by atoms with Crippen LogP contribution in [-0.4, -0.2) is 25.0 Å². The van der Waals surface area contributed by atoms with E-state index in [2.05, 4.69) is 10.6 Å². The molecule has 1 atom stereocenters. The molecule has 148 valence electrons. The van der Waals surface area contributed by atoms with Gasteiger partial charge in [0.2, 0.25) is 0 Å². The molecule has 2 aliphatic rings. The van der Waals surface area contributed by atoms with Crippen molar-refractivity contribution in [3.8, 4) is 0 Å². The van der Waals surface area contributed by atoms with Crippen LogP contribution in [0.15, 0.2) is 12.1 Å². The summed E-state index contributed by atoms with van der Waals surface area (Å²) in [4.78, 5) is 23.9. The van der Waals surface area contributed by atoms with Crippen molar-refractivity contribution >= 4 is 11.9 Å². The Bertz CT molecular complexity index is 730. The Kier molecular flexibility index (Phi) is 5.74. The Hall–Kier alpha value is -2.09. The van der Waals surface area contributed by atoms with Gasteiger partial charge >= 0.3 is 12.1 Å². The molecule has 1 fully saturated rings. The van der Waals surface area contributed by atoms with E-state index in [1.165, 1.54) is 6.07 Å². The first-order chi connectivity index (χ1) is 12.8. The molecule has 27 heavy (non-hydrogen) atoms. The molecule has 0 aromatic heterocycles. The number of nitrogens with one attached hydrogen (secondary N) is 2. The highest BCUT2D eigenvalue weighted by Crippen LogP contribution is 2.38. The van der Waals surface area contributed by atoms with E-state index >= 15 is 0 Å². The zero-order valence-electron chi connectivity index (χ0n) is 15.1. The van der Waals surface area contributed by atoms with Crippen LogP contribution in [0.25, 0.3) is 0 Å². The van der Waals surface area contributed by atoms with E-state index in [0.717, 1.165) is 25.3 Å². The van der Waals surface area contributed by atoms with Gasteiger partial charge in [0, 0.05) is 18.2 Å². The third kappa shape index (κ3) is 4.43. The Morgan fingerprint density at radius 3 is 2.70 bits per heavy atom. The summed E-state index contributed by atoms with van der Waals surface area (Å²) in [7, 11) is 0. The van der Waals surface area contributed by atoms with Crippen LogP contribution in [0.1, 0.15) is 65.7 Å². The van der Waals surface area contributed by atoms with Gasteiger partial charge in [-0.05, 0) is 55.5 Å². The second-order valence-corrected chi connectivity index (χ2v) is 7.04. The summed E-state index contributed by atoms with van der Waals surface area (Å²) in [5, 5.41) is 5.65. The van der Waals surface area contributed by atoms with E-state index in [4.69, 9.17) is 4.74 Å². The van der Waals surface area contributed by atoms with Crippen molar-refractivity contribution in [3.05, 3.63) is 34.4 Å². The maximum Gasteiger partial charge on any atom is 0.416 e. The molecular formula is C19H23F3N2O3. The molecule has 1 aromatic rings. The van der Waals surface area contributed by atoms with Crippen LogP contribution in [0.3, 0.4) is 0 Å². The van der Waals surface area contributed by atoms with E-state index in [1.807, 2.05) is 0 Å². The third-order valence-electron chi connectivity index (χ3n) is 5.20. The van der Waals surface area contributed by atoms with Gasteiger partial charge in [0.1, 0.15) is 0 Å². The summed E-state index contributed by atoms with van der Waals surface area (Å²) in [6, 6.07) is 1.88. The number of esters is 1. The number of carbonyl (C=O) groups is 2. The van der Waals surface area contributed by atoms with Gasteiger partial charge in [-0.2, -0.15) is 13.2 Å². The fourth-order valence-electron chi connectivity index (χ4n) is 3.51. The van der Waals surface area contributed by atoms with Crippen LogP contribution in [-0.2, 0) is 22.3 Å². The molecule has 1 aromatic carbocycles. The highest BCUT2D eigenvalue weighted by Gasteiger charge is 2.38. The van der Waals surface area contributed by atoms with E-state index < -0.39 is 29.7 Å². The predicted molar refractivity (Wildman–Crippen MR) is 91.9 cm³/mol. The number of carbonyl (C=O) groups excluding carboxylic acids is 2. The number of ether oxygens (including phenoxy) is 1. The molecule has 8 heteroatoms. The van der Waals surface area contributed by atoms with Gasteiger partial charge in [0.05, 0.1) is 18.6 Å². The van der Waals surface area contributed by atoms with Crippen molar-refractivity contribution < 1.29 is 27.5 Å². The van der Waals surface area contributed by atoms with Gasteiger partial charge in [0.25, 0.3) is 5.91 Å². The molecule has 0 unspecified atom stereocenters. The molecule has 1 saturated carbocycles. The van der Waals surface area contributed by atoms with Gasteiger partial charge in [-0.1, -0.05) is 6.42 Å². The number of alkyl halides is 3. The number of rotatable bonds is 7. The topological polar surface area (TPSA) is 67.4 Å². The lowest BCUT2D eigenvalue weighted by Crippen LogP contribution is -2.32. The van der Waals surface area contributed by atoms with Crippen LogP contribution < -0.4 is 10.6 Å². The lowest BCUT2D eigenvalue weighted by molar-refractivity contribution is -0.143. The molecule has 0 saturated heterocycles. The molecular weight excluding hydrogens is 361 g/mol. The van der Waals surface area contributed by atoms with E-state index in [9.17, 15) is 22.8 Å². The smallest absolute Gasteiger partial charge is 0.416 e. The number of fused-ring (bicyclic) bond motifs is 1. The standard InChI is InChI=1S/C19H23F3N2O3/c1-2-27-17(25)8-16(23-9-11-4-3-5-11)12-6-13-14(10-24-18(13)26)15(7-12)19(20,21)22/h6-7,11,16,23H,2-5,8-10H2,1H3,(H,24,26)/t16-/m0/s1. The van der Waals surface area contributed by atoms with Gasteiger partial charge in [-0.3, -0.25) is 9.59 Å². The summed E-state index contributed by atoms with van der Waals surface area (Å²) < 4.78 is 45.5. The van der Waals surface area contributed by atoms with Crippen molar-refractivity contribution in [1.29, 1.82) is 0 Å². The van der Waals surface area contributed by atoms with E-state index in [1.54, 1.807) is 6.92 Å². The Morgan fingerprint density at radius 2 is 2.11 bits per heavy atom. The Morgan fingerprint density at radius 1 is 1.37 bits per heavy atom. The zero-order valence-corrected chi connectivity index (χ0v) is 15.1. The highest BCUT2D eigenvalue weighted by molar-refractivity contribution is 5.99. The highest BCUT2D eigenvalue weighted by atomic mass is 19.4. The van der Waals surface area contributed by atoms with Gasteiger partial charge in [-0.15, -0.1) is 0 Å². The van der Waals surface area contributed by atoms with Crippen molar-refractivity contribution in [2.24, 2.45) is 5.92 Å². The minimum Gasteiger partial charge on any atom is -0.466 e. The average Bonchev–Trinajstić information content (AvgIpc) is 2.92. The van der Waals surface area contributed by atoms with Crippen molar-refractivity contribution in [3.63, 3.8) is 0 Å². The average molecular weight is 384 g/mol. The van der Waals surface area contributed by atoms with E-state index in [-0.39, 0.29) is 36.3 Å². The van der Waals surface area contributed by atoms with Crippen LogP contribution in [0, 0.1) is 5.92 Å². The summed E-state index contributed by atoms with van der Waals surface area (Å²) in [6.45, 7) is 2.36. The van der Waals surface area contributed by atoms with E-state index in [0.29, 0.717) is 12.5 Å². The molecule has 1 aliphatic carbocycles. The van der Waals surface area contributed by atoms with Gasteiger partial charge in [0.15, 0.2) is 0 Å². The van der Waals surface area contributed by atoms with Gasteiger partial charge < -0.3 is 15.4 Å². The minimum absolute atomic E-state index is 0.0270. The van der Waals surface area contributed by atoms with Crippen LogP contribution >= 0.6 is 0 Å². The van der Waals surface area contributed by atoms with Crippen LogP contribution in [0.4, 0.5) is 13.2 Å². The monoisotopic (exact) mass is 384 g/mol. The number of hydrogen-bond acceptors (Lipinski definition) is 4. The molecule has 5 nitrogen and oxygen atoms in total. The molecule has 1 aliphatic heterocycles. The molecule has 0 radical (unpaired) electrons. The summed E-state index contributed by atoms with van der Waals surface area (Å²) in [5.41, 5.74) is -0.553. The molecule has 2 N–H and O–H groups in total. The number of benzene rings is 1. The molecule has 0 bridgehead atoms. The second kappa shape index (κ2) is 7.88.